The molecule has 0 aliphatic heterocycles. The Balaban J connectivity index is 2.18. The van der Waals surface area contributed by atoms with Crippen LogP contribution in [0.1, 0.15) is 23.1 Å². The zero-order valence-corrected chi connectivity index (χ0v) is 12.9. The predicted molar refractivity (Wildman–Crippen MR) is 78.4 cm³/mol. The van der Waals surface area contributed by atoms with E-state index < -0.39 is 18.2 Å². The lowest BCUT2D eigenvalue weighted by Crippen LogP contribution is -2.40. The van der Waals surface area contributed by atoms with Crippen molar-refractivity contribution in [3.63, 3.8) is 0 Å². The molecule has 1 unspecified atom stereocenters. The molecule has 0 saturated carbocycles. The molecule has 1 heterocycles. The normalized spacial score (nSPS) is 12.8. The largest absolute Gasteiger partial charge is 0.412 e. The fourth-order valence-electron chi connectivity index (χ4n) is 1.95. The maximum absolute atomic E-state index is 13.2. The summed E-state index contributed by atoms with van der Waals surface area (Å²) in [6.45, 7) is 3.10. The van der Waals surface area contributed by atoms with E-state index in [1.807, 2.05) is 5.32 Å². The molecule has 124 valence electrons. The third-order valence-corrected chi connectivity index (χ3v) is 3.33. The Hall–Kier alpha value is -2.22. The lowest BCUT2D eigenvalue weighted by Gasteiger charge is -2.22. The average molecular weight is 348 g/mol. The molecule has 0 aliphatic rings. The van der Waals surface area contributed by atoms with Crippen molar-refractivity contribution in [1.29, 1.82) is 0 Å². The maximum atomic E-state index is 13.2. The first-order valence-electron chi connectivity index (χ1n) is 6.51. The number of amides is 2. The van der Waals surface area contributed by atoms with Gasteiger partial charge in [-0.05, 0) is 31.5 Å². The molecule has 5 nitrogen and oxygen atoms in total. The Morgan fingerprint density at radius 2 is 1.87 bits per heavy atom. The topological polar surface area (TPSA) is 67.2 Å². The van der Waals surface area contributed by atoms with Crippen LogP contribution in [0.3, 0.4) is 0 Å². The van der Waals surface area contributed by atoms with Gasteiger partial charge in [0.05, 0.1) is 0 Å². The van der Waals surface area contributed by atoms with Crippen molar-refractivity contribution in [2.45, 2.75) is 26.1 Å². The number of alkyl halides is 3. The van der Waals surface area contributed by atoms with Crippen molar-refractivity contribution in [2.24, 2.45) is 0 Å². The van der Waals surface area contributed by atoms with E-state index in [0.717, 1.165) is 0 Å². The summed E-state index contributed by atoms with van der Waals surface area (Å²) in [6, 6.07) is 1.87. The number of nitrogens with zero attached hydrogens (tertiary/aromatic N) is 1. The van der Waals surface area contributed by atoms with Gasteiger partial charge in [0.15, 0.2) is 11.8 Å². The number of hydrogen-bond acceptors (Lipinski definition) is 3. The van der Waals surface area contributed by atoms with Crippen LogP contribution in [0.15, 0.2) is 28.8 Å². The number of carbonyl (C=O) groups is 1. The molecule has 0 saturated heterocycles. The lowest BCUT2D eigenvalue weighted by atomic mass is 10.1. The second-order valence-electron chi connectivity index (χ2n) is 4.82. The Morgan fingerprint density at radius 1 is 1.26 bits per heavy atom. The summed E-state index contributed by atoms with van der Waals surface area (Å²) < 4.78 is 44.4. The first-order chi connectivity index (χ1) is 10.7. The van der Waals surface area contributed by atoms with E-state index in [2.05, 4.69) is 10.5 Å². The van der Waals surface area contributed by atoms with Crippen molar-refractivity contribution in [3.05, 3.63) is 46.3 Å². The highest BCUT2D eigenvalue weighted by atomic mass is 35.5. The molecule has 0 radical (unpaired) electrons. The molecule has 2 amide bonds. The molecular formula is C14H13ClF3N3O2. The standard InChI is InChI=1S/C14H13ClF3N3O2/c1-7-11(8(2)23-21-7)19-13(22)20-12(14(16,17)18)9-3-5-10(15)6-4-9/h3-6,12H,1-2H3,(H2,19,20,22). The molecule has 9 heteroatoms. The van der Waals surface area contributed by atoms with Gasteiger partial charge in [0.1, 0.15) is 11.4 Å². The van der Waals surface area contributed by atoms with Crippen molar-refractivity contribution < 1.29 is 22.5 Å². The summed E-state index contributed by atoms with van der Waals surface area (Å²) in [5, 5.41) is 8.12. The first-order valence-corrected chi connectivity index (χ1v) is 6.89. The van der Waals surface area contributed by atoms with Gasteiger partial charge in [-0.1, -0.05) is 28.9 Å². The Labute approximate surface area is 134 Å². The van der Waals surface area contributed by atoms with Crippen molar-refractivity contribution >= 4 is 23.3 Å². The van der Waals surface area contributed by atoms with Crippen LogP contribution in [-0.2, 0) is 0 Å². The summed E-state index contributed by atoms with van der Waals surface area (Å²) in [5.41, 5.74) is 0.475. The van der Waals surface area contributed by atoms with Gasteiger partial charge in [0.25, 0.3) is 0 Å². The van der Waals surface area contributed by atoms with E-state index >= 15 is 0 Å². The van der Waals surface area contributed by atoms with Gasteiger partial charge in [0, 0.05) is 5.02 Å². The van der Waals surface area contributed by atoms with Crippen LogP contribution in [-0.4, -0.2) is 17.4 Å². The highest BCUT2D eigenvalue weighted by Gasteiger charge is 2.42. The molecule has 1 atom stereocenters. The highest BCUT2D eigenvalue weighted by molar-refractivity contribution is 6.30. The van der Waals surface area contributed by atoms with Crippen LogP contribution in [0.4, 0.5) is 23.7 Å². The molecule has 1 aromatic heterocycles. The average Bonchev–Trinajstić information content (AvgIpc) is 2.77. The van der Waals surface area contributed by atoms with Crippen molar-refractivity contribution in [2.75, 3.05) is 5.32 Å². The van der Waals surface area contributed by atoms with Gasteiger partial charge in [0.2, 0.25) is 0 Å². The minimum atomic E-state index is -4.66. The summed E-state index contributed by atoms with van der Waals surface area (Å²) in [5.74, 6) is 0.299. The van der Waals surface area contributed by atoms with Gasteiger partial charge >= 0.3 is 12.2 Å². The molecule has 0 spiro atoms. The number of urea groups is 1. The fourth-order valence-corrected chi connectivity index (χ4v) is 2.08. The third kappa shape index (κ3) is 4.16. The first kappa shape index (κ1) is 17.1. The molecule has 0 fully saturated rings. The summed E-state index contributed by atoms with van der Waals surface area (Å²) in [7, 11) is 0. The molecule has 2 rings (SSSR count). The monoisotopic (exact) mass is 347 g/mol. The minimum absolute atomic E-state index is 0.129. The van der Waals surface area contributed by atoms with Crippen LogP contribution in [0.25, 0.3) is 0 Å². The number of carbonyl (C=O) groups excluding carboxylic acids is 1. The second-order valence-corrected chi connectivity index (χ2v) is 5.26. The minimum Gasteiger partial charge on any atom is -0.359 e. The highest BCUT2D eigenvalue weighted by Crippen LogP contribution is 2.33. The second kappa shape index (κ2) is 6.49. The molecule has 23 heavy (non-hydrogen) atoms. The number of aryl methyl sites for hydroxylation is 2. The van der Waals surface area contributed by atoms with Crippen molar-refractivity contribution in [3.8, 4) is 0 Å². The molecular weight excluding hydrogens is 335 g/mol. The third-order valence-electron chi connectivity index (χ3n) is 3.08. The number of anilines is 1. The van der Waals surface area contributed by atoms with Crippen molar-refractivity contribution in [1.82, 2.24) is 10.5 Å². The van der Waals surface area contributed by atoms with Crippen LogP contribution in [0.2, 0.25) is 5.02 Å². The molecule has 0 aliphatic carbocycles. The van der Waals surface area contributed by atoms with E-state index in [1.54, 1.807) is 6.92 Å². The number of hydrogen-bond donors (Lipinski definition) is 2. The quantitative estimate of drug-likeness (QED) is 0.866. The van der Waals surface area contributed by atoms with Gasteiger partial charge in [-0.15, -0.1) is 0 Å². The molecule has 0 bridgehead atoms. The summed E-state index contributed by atoms with van der Waals surface area (Å²) in [4.78, 5) is 11.9. The Morgan fingerprint density at radius 3 is 2.35 bits per heavy atom. The fraction of sp³-hybridized carbons (Fsp3) is 0.286. The van der Waals surface area contributed by atoms with Gasteiger partial charge in [-0.2, -0.15) is 13.2 Å². The number of nitrogens with one attached hydrogen (secondary N) is 2. The smallest absolute Gasteiger partial charge is 0.359 e. The Bertz CT molecular complexity index is 679. The SMILES string of the molecule is Cc1noc(C)c1NC(=O)NC(c1ccc(Cl)cc1)C(F)(F)F. The number of benzene rings is 1. The van der Waals surface area contributed by atoms with E-state index in [0.29, 0.717) is 16.5 Å². The van der Waals surface area contributed by atoms with Crippen LogP contribution < -0.4 is 10.6 Å². The number of halogens is 4. The van der Waals surface area contributed by atoms with Crippen LogP contribution in [0.5, 0.6) is 0 Å². The van der Waals surface area contributed by atoms with Crippen LogP contribution in [0, 0.1) is 13.8 Å². The zero-order valence-electron chi connectivity index (χ0n) is 12.2. The van der Waals surface area contributed by atoms with Crippen LogP contribution >= 0.6 is 11.6 Å². The summed E-state index contributed by atoms with van der Waals surface area (Å²) >= 11 is 5.67. The Kier molecular flexibility index (Phi) is 4.84. The van der Waals surface area contributed by atoms with E-state index in [1.165, 1.54) is 31.2 Å². The van der Waals surface area contributed by atoms with E-state index in [-0.39, 0.29) is 11.3 Å². The zero-order chi connectivity index (χ0) is 17.2. The lowest BCUT2D eigenvalue weighted by molar-refractivity contribution is -0.154. The number of aromatic nitrogens is 1. The van der Waals surface area contributed by atoms with E-state index in [9.17, 15) is 18.0 Å². The number of rotatable bonds is 3. The molecule has 2 N–H and O–H groups in total. The molecule has 2 aromatic rings. The van der Waals surface area contributed by atoms with Gasteiger partial charge in [-0.25, -0.2) is 4.79 Å². The predicted octanol–water partition coefficient (Wildman–Crippen LogP) is 4.37. The van der Waals surface area contributed by atoms with Gasteiger partial charge in [-0.3, -0.25) is 0 Å². The van der Waals surface area contributed by atoms with Gasteiger partial charge < -0.3 is 15.2 Å². The van der Waals surface area contributed by atoms with E-state index in [4.69, 9.17) is 16.1 Å². The summed E-state index contributed by atoms with van der Waals surface area (Å²) in [6.07, 6.45) is -4.66. The molecule has 1 aromatic carbocycles. The maximum Gasteiger partial charge on any atom is 0.412 e.